The number of hydrogen-bond donors (Lipinski definition) is 3. The molecule has 0 aliphatic heterocycles. The number of nitro benzene ring substituents is 1. The van der Waals surface area contributed by atoms with E-state index >= 15 is 0 Å². The molecule has 1 aromatic carbocycles. The molecule has 0 saturated heterocycles. The van der Waals surface area contributed by atoms with Gasteiger partial charge in [-0.1, -0.05) is 6.92 Å². The molecule has 0 saturated carbocycles. The van der Waals surface area contributed by atoms with Gasteiger partial charge in [0.15, 0.2) is 0 Å². The van der Waals surface area contributed by atoms with Crippen molar-refractivity contribution in [3.8, 4) is 5.75 Å². The second-order valence-electron chi connectivity index (χ2n) is 3.46. The second-order valence-corrected chi connectivity index (χ2v) is 3.46. The predicted octanol–water partition coefficient (Wildman–Crippen LogP) is 0.976. The number of phenolic OH excluding ortho intramolecular Hbond substituents is 1. The number of rotatable bonds is 4. The first kappa shape index (κ1) is 12.9. The smallest absolute Gasteiger partial charge is 0.296 e. The number of aromatic hydroxyl groups is 1. The zero-order valence-corrected chi connectivity index (χ0v) is 9.21. The van der Waals surface area contributed by atoms with Crippen LogP contribution in [0.25, 0.3) is 0 Å². The van der Waals surface area contributed by atoms with E-state index in [4.69, 9.17) is 10.8 Å². The highest BCUT2D eigenvalue weighted by Crippen LogP contribution is 2.28. The number of nitro groups is 1. The lowest BCUT2D eigenvalue weighted by Crippen LogP contribution is -2.34. The average Bonchev–Trinajstić information content (AvgIpc) is 2.29. The van der Waals surface area contributed by atoms with Gasteiger partial charge in [0.2, 0.25) is 5.91 Å². The van der Waals surface area contributed by atoms with Crippen LogP contribution in [0.2, 0.25) is 0 Å². The zero-order valence-electron chi connectivity index (χ0n) is 9.21. The highest BCUT2D eigenvalue weighted by molar-refractivity contribution is 5.96. The summed E-state index contributed by atoms with van der Waals surface area (Å²) in [5.74, 6) is -0.740. The number of carbonyl (C=O) groups is 1. The fourth-order valence-electron chi connectivity index (χ4n) is 1.19. The molecule has 1 rings (SSSR count). The van der Waals surface area contributed by atoms with Crippen LogP contribution in [-0.2, 0) is 4.79 Å². The van der Waals surface area contributed by atoms with Crippen molar-refractivity contribution in [2.45, 2.75) is 19.4 Å². The highest BCUT2D eigenvalue weighted by atomic mass is 16.6. The molecule has 0 aliphatic rings. The van der Waals surface area contributed by atoms with Crippen LogP contribution in [0.5, 0.6) is 5.75 Å². The summed E-state index contributed by atoms with van der Waals surface area (Å²) in [6, 6.07) is 2.75. The Morgan fingerprint density at radius 2 is 2.29 bits per heavy atom. The highest BCUT2D eigenvalue weighted by Gasteiger charge is 2.19. The number of nitrogens with one attached hydrogen (secondary N) is 1. The molecular weight excluding hydrogens is 226 g/mol. The molecule has 1 amide bonds. The lowest BCUT2D eigenvalue weighted by atomic mass is 10.2. The van der Waals surface area contributed by atoms with E-state index in [0.717, 1.165) is 6.07 Å². The lowest BCUT2D eigenvalue weighted by molar-refractivity contribution is -0.384. The van der Waals surface area contributed by atoms with Gasteiger partial charge in [0.1, 0.15) is 11.4 Å². The van der Waals surface area contributed by atoms with Gasteiger partial charge in [-0.05, 0) is 18.6 Å². The van der Waals surface area contributed by atoms with Gasteiger partial charge in [-0.3, -0.25) is 14.9 Å². The molecule has 0 spiro atoms. The van der Waals surface area contributed by atoms with E-state index in [1.165, 1.54) is 12.1 Å². The van der Waals surface area contributed by atoms with Gasteiger partial charge in [0, 0.05) is 0 Å². The normalized spacial score (nSPS) is 11.9. The molecule has 4 N–H and O–H groups in total. The number of anilines is 1. The summed E-state index contributed by atoms with van der Waals surface area (Å²) in [7, 11) is 0. The molecule has 0 radical (unpaired) electrons. The predicted molar refractivity (Wildman–Crippen MR) is 61.7 cm³/mol. The molecule has 17 heavy (non-hydrogen) atoms. The maximum atomic E-state index is 11.5. The molecule has 0 bridgehead atoms. The van der Waals surface area contributed by atoms with Gasteiger partial charge < -0.3 is 16.2 Å². The second kappa shape index (κ2) is 5.26. The molecule has 1 aromatic rings. The van der Waals surface area contributed by atoms with Crippen molar-refractivity contribution in [3.63, 3.8) is 0 Å². The Morgan fingerprint density at radius 3 is 2.82 bits per heavy atom. The molecule has 0 aromatic heterocycles. The van der Waals surface area contributed by atoms with Crippen molar-refractivity contribution < 1.29 is 14.8 Å². The van der Waals surface area contributed by atoms with Crippen LogP contribution in [0.4, 0.5) is 11.4 Å². The maximum Gasteiger partial charge on any atom is 0.296 e. The average molecular weight is 239 g/mol. The first-order valence-electron chi connectivity index (χ1n) is 4.99. The van der Waals surface area contributed by atoms with Crippen LogP contribution in [0.1, 0.15) is 13.3 Å². The Hall–Kier alpha value is -2.15. The van der Waals surface area contributed by atoms with Gasteiger partial charge in [-0.15, -0.1) is 0 Å². The Labute approximate surface area is 97.4 Å². The third-order valence-electron chi connectivity index (χ3n) is 2.21. The van der Waals surface area contributed by atoms with E-state index in [1.807, 2.05) is 0 Å². The van der Waals surface area contributed by atoms with Crippen LogP contribution in [0.15, 0.2) is 18.2 Å². The van der Waals surface area contributed by atoms with E-state index in [9.17, 15) is 14.9 Å². The molecule has 7 nitrogen and oxygen atoms in total. The Bertz CT molecular complexity index is 447. The third-order valence-corrected chi connectivity index (χ3v) is 2.21. The van der Waals surface area contributed by atoms with Gasteiger partial charge in [0.25, 0.3) is 5.69 Å². The quantitative estimate of drug-likeness (QED) is 0.411. The van der Waals surface area contributed by atoms with E-state index in [2.05, 4.69) is 5.32 Å². The number of benzene rings is 1. The number of amides is 1. The minimum atomic E-state index is -0.719. The first-order valence-corrected chi connectivity index (χ1v) is 4.99. The van der Waals surface area contributed by atoms with Gasteiger partial charge in [-0.25, -0.2) is 0 Å². The van der Waals surface area contributed by atoms with Gasteiger partial charge in [-0.2, -0.15) is 0 Å². The van der Waals surface area contributed by atoms with Crippen LogP contribution >= 0.6 is 0 Å². The number of phenols is 1. The van der Waals surface area contributed by atoms with Crippen LogP contribution in [0, 0.1) is 10.1 Å². The number of nitrogens with two attached hydrogens (primary N) is 1. The fraction of sp³-hybridized carbons (Fsp3) is 0.300. The maximum absolute atomic E-state index is 11.5. The van der Waals surface area contributed by atoms with Gasteiger partial charge >= 0.3 is 0 Å². The van der Waals surface area contributed by atoms with Crippen molar-refractivity contribution in [1.29, 1.82) is 0 Å². The summed E-state index contributed by atoms with van der Waals surface area (Å²) in [6.07, 6.45) is 0.428. The Morgan fingerprint density at radius 1 is 1.65 bits per heavy atom. The van der Waals surface area contributed by atoms with Crippen LogP contribution < -0.4 is 11.1 Å². The topological polar surface area (TPSA) is 118 Å². The molecule has 1 unspecified atom stereocenters. The number of carbonyl (C=O) groups excluding carboxylic acids is 1. The van der Waals surface area contributed by atoms with E-state index in [0.29, 0.717) is 6.42 Å². The molecule has 92 valence electrons. The monoisotopic (exact) mass is 239 g/mol. The largest absolute Gasteiger partial charge is 0.508 e. The van der Waals surface area contributed by atoms with Crippen molar-refractivity contribution >= 4 is 17.3 Å². The molecule has 0 aliphatic carbocycles. The van der Waals surface area contributed by atoms with Crippen LogP contribution in [0.3, 0.4) is 0 Å². The third kappa shape index (κ3) is 3.15. The summed E-state index contributed by atoms with van der Waals surface area (Å²) in [5, 5.41) is 22.2. The zero-order chi connectivity index (χ0) is 13.0. The lowest BCUT2D eigenvalue weighted by Gasteiger charge is -2.10. The molecule has 1 atom stereocenters. The minimum absolute atomic E-state index is 0.0155. The summed E-state index contributed by atoms with van der Waals surface area (Å²) in [4.78, 5) is 21.5. The molecule has 7 heteroatoms. The molecule has 0 heterocycles. The van der Waals surface area contributed by atoms with Crippen molar-refractivity contribution in [3.05, 3.63) is 28.3 Å². The van der Waals surface area contributed by atoms with E-state index < -0.39 is 16.9 Å². The SMILES string of the molecule is CCC(N)C(=O)Nc1ccc(O)cc1[N+](=O)[O-]. The summed E-state index contributed by atoms with van der Waals surface area (Å²) < 4.78 is 0. The first-order chi connectivity index (χ1) is 7.95. The summed E-state index contributed by atoms with van der Waals surface area (Å²) >= 11 is 0. The number of hydrogen-bond acceptors (Lipinski definition) is 5. The fourth-order valence-corrected chi connectivity index (χ4v) is 1.19. The summed E-state index contributed by atoms with van der Waals surface area (Å²) in [6.45, 7) is 1.73. The molecular formula is C10H13N3O4. The van der Waals surface area contributed by atoms with Crippen molar-refractivity contribution in [2.24, 2.45) is 5.73 Å². The Kier molecular flexibility index (Phi) is 4.00. The van der Waals surface area contributed by atoms with Crippen molar-refractivity contribution in [1.82, 2.24) is 0 Å². The Balaban J connectivity index is 2.98. The van der Waals surface area contributed by atoms with Crippen molar-refractivity contribution in [2.75, 3.05) is 5.32 Å². The van der Waals surface area contributed by atoms with Crippen LogP contribution in [-0.4, -0.2) is 22.0 Å². The van der Waals surface area contributed by atoms with Gasteiger partial charge in [0.05, 0.1) is 17.0 Å². The number of nitrogens with zero attached hydrogens (tertiary/aromatic N) is 1. The van der Waals surface area contributed by atoms with E-state index in [1.54, 1.807) is 6.92 Å². The molecule has 0 fully saturated rings. The van der Waals surface area contributed by atoms with E-state index in [-0.39, 0.29) is 17.1 Å². The summed E-state index contributed by atoms with van der Waals surface area (Å²) in [5.41, 5.74) is 5.13. The standard InChI is InChI=1S/C10H13N3O4/c1-2-7(11)10(15)12-8-4-3-6(14)5-9(8)13(16)17/h3-5,7,14H,2,11H2,1H3,(H,12,15). The minimum Gasteiger partial charge on any atom is -0.508 e.